The van der Waals surface area contributed by atoms with Gasteiger partial charge in [0.25, 0.3) is 0 Å². The molecule has 0 aliphatic carbocycles. The highest BCUT2D eigenvalue weighted by Gasteiger charge is 2.21. The van der Waals surface area contributed by atoms with Crippen molar-refractivity contribution in [3.05, 3.63) is 46.9 Å². The first-order valence-electron chi connectivity index (χ1n) is 7.09. The quantitative estimate of drug-likeness (QED) is 0.948. The molecule has 2 aromatic rings. The van der Waals surface area contributed by atoms with Crippen molar-refractivity contribution >= 4 is 17.4 Å². The molecule has 3 rings (SSSR count). The lowest BCUT2D eigenvalue weighted by atomic mass is 10.0. The molecule has 112 valence electrons. The largest absolute Gasteiger partial charge is 0.382 e. The van der Waals surface area contributed by atoms with E-state index in [0.717, 1.165) is 38.0 Å². The standard InChI is InChI=1S/C15H18ClFN4/c16-13-2-1-11(9-14(13)17)10-20-6-3-12(4-7-20)21-8-5-15(18)19-21/h1-2,5,8-9,12H,3-4,6-7,10H2,(H2,18,19). The van der Waals surface area contributed by atoms with Crippen LogP contribution in [0.15, 0.2) is 30.5 Å². The van der Waals surface area contributed by atoms with Crippen molar-refractivity contribution in [3.8, 4) is 0 Å². The van der Waals surface area contributed by atoms with Gasteiger partial charge >= 0.3 is 0 Å². The summed E-state index contributed by atoms with van der Waals surface area (Å²) in [6, 6.07) is 7.24. The third kappa shape index (κ3) is 3.36. The van der Waals surface area contributed by atoms with E-state index in [2.05, 4.69) is 10.00 Å². The van der Waals surface area contributed by atoms with E-state index in [9.17, 15) is 4.39 Å². The number of nitrogen functional groups attached to an aromatic ring is 1. The van der Waals surface area contributed by atoms with E-state index in [1.165, 1.54) is 6.07 Å². The predicted octanol–water partition coefficient (Wildman–Crippen LogP) is 3.09. The summed E-state index contributed by atoms with van der Waals surface area (Å²) in [7, 11) is 0. The molecule has 1 saturated heterocycles. The number of aromatic nitrogens is 2. The van der Waals surface area contributed by atoms with Crippen LogP contribution in [-0.2, 0) is 6.54 Å². The van der Waals surface area contributed by atoms with E-state index in [1.807, 2.05) is 23.0 Å². The zero-order valence-electron chi connectivity index (χ0n) is 11.7. The minimum absolute atomic E-state index is 0.175. The fourth-order valence-electron chi connectivity index (χ4n) is 2.79. The van der Waals surface area contributed by atoms with Crippen molar-refractivity contribution in [3.63, 3.8) is 0 Å². The van der Waals surface area contributed by atoms with Gasteiger partial charge in [0.15, 0.2) is 0 Å². The summed E-state index contributed by atoms with van der Waals surface area (Å²) in [5.74, 6) is 0.213. The number of anilines is 1. The van der Waals surface area contributed by atoms with Crippen molar-refractivity contribution < 1.29 is 4.39 Å². The molecule has 2 heterocycles. The normalized spacial score (nSPS) is 17.2. The molecule has 1 aliphatic rings. The Hall–Kier alpha value is -1.59. The third-order valence-corrected chi connectivity index (χ3v) is 4.26. The number of nitrogens with zero attached hydrogens (tertiary/aromatic N) is 3. The van der Waals surface area contributed by atoms with Gasteiger partial charge in [-0.25, -0.2) is 4.39 Å². The maximum Gasteiger partial charge on any atom is 0.145 e. The molecule has 0 spiro atoms. The number of hydrogen-bond acceptors (Lipinski definition) is 3. The summed E-state index contributed by atoms with van der Waals surface area (Å²) >= 11 is 5.70. The highest BCUT2D eigenvalue weighted by molar-refractivity contribution is 6.30. The second-order valence-corrected chi connectivity index (χ2v) is 5.88. The Morgan fingerprint density at radius 2 is 2.05 bits per heavy atom. The van der Waals surface area contributed by atoms with Crippen molar-refractivity contribution in [2.45, 2.75) is 25.4 Å². The van der Waals surface area contributed by atoms with E-state index < -0.39 is 0 Å². The number of likely N-dealkylation sites (tertiary alicyclic amines) is 1. The van der Waals surface area contributed by atoms with Crippen molar-refractivity contribution in [1.29, 1.82) is 0 Å². The van der Waals surface area contributed by atoms with Crippen molar-refractivity contribution in [2.75, 3.05) is 18.8 Å². The van der Waals surface area contributed by atoms with Crippen LogP contribution in [0.3, 0.4) is 0 Å². The first kappa shape index (κ1) is 14.4. The minimum atomic E-state index is -0.351. The molecule has 0 unspecified atom stereocenters. The van der Waals surface area contributed by atoms with Gasteiger partial charge in [0.2, 0.25) is 0 Å². The summed E-state index contributed by atoms with van der Waals surface area (Å²) < 4.78 is 15.4. The van der Waals surface area contributed by atoms with E-state index in [-0.39, 0.29) is 10.8 Å². The average molecular weight is 309 g/mol. The highest BCUT2D eigenvalue weighted by atomic mass is 35.5. The smallest absolute Gasteiger partial charge is 0.145 e. The zero-order chi connectivity index (χ0) is 14.8. The molecule has 0 radical (unpaired) electrons. The monoisotopic (exact) mass is 308 g/mol. The number of halogens is 2. The summed E-state index contributed by atoms with van der Waals surface area (Å²) in [5.41, 5.74) is 6.61. The number of hydrogen-bond donors (Lipinski definition) is 1. The summed E-state index contributed by atoms with van der Waals surface area (Å²) in [6.45, 7) is 2.69. The number of rotatable bonds is 3. The molecular weight excluding hydrogens is 291 g/mol. The first-order valence-corrected chi connectivity index (χ1v) is 7.46. The van der Waals surface area contributed by atoms with Crippen LogP contribution in [0.5, 0.6) is 0 Å². The van der Waals surface area contributed by atoms with E-state index in [0.29, 0.717) is 11.9 Å². The topological polar surface area (TPSA) is 47.1 Å². The molecular formula is C15H18ClFN4. The van der Waals surface area contributed by atoms with E-state index in [1.54, 1.807) is 6.07 Å². The number of nitrogens with two attached hydrogens (primary N) is 1. The Bertz CT molecular complexity index is 620. The van der Waals surface area contributed by atoms with Gasteiger partial charge in [-0.05, 0) is 36.6 Å². The second kappa shape index (κ2) is 6.03. The third-order valence-electron chi connectivity index (χ3n) is 3.95. The van der Waals surface area contributed by atoms with Gasteiger partial charge in [-0.2, -0.15) is 5.10 Å². The number of benzene rings is 1. The Labute approximate surface area is 128 Å². The molecule has 0 bridgehead atoms. The molecule has 0 saturated carbocycles. The molecule has 1 aromatic carbocycles. The lowest BCUT2D eigenvalue weighted by molar-refractivity contribution is 0.173. The summed E-state index contributed by atoms with van der Waals surface area (Å²) in [4.78, 5) is 2.33. The zero-order valence-corrected chi connectivity index (χ0v) is 12.4. The molecule has 0 amide bonds. The van der Waals surface area contributed by atoms with Crippen LogP contribution in [0.1, 0.15) is 24.4 Å². The van der Waals surface area contributed by atoms with Crippen LogP contribution < -0.4 is 5.73 Å². The fourth-order valence-corrected chi connectivity index (χ4v) is 2.91. The average Bonchev–Trinajstić information content (AvgIpc) is 2.90. The van der Waals surface area contributed by atoms with Crippen LogP contribution in [0.25, 0.3) is 0 Å². The Balaban J connectivity index is 1.57. The van der Waals surface area contributed by atoms with Gasteiger partial charge in [0.1, 0.15) is 11.6 Å². The van der Waals surface area contributed by atoms with Gasteiger partial charge in [-0.15, -0.1) is 0 Å². The van der Waals surface area contributed by atoms with Gasteiger partial charge in [0.05, 0.1) is 11.1 Å². The molecule has 2 N–H and O–H groups in total. The van der Waals surface area contributed by atoms with Gasteiger partial charge in [0, 0.05) is 25.8 Å². The number of piperidine rings is 1. The van der Waals surface area contributed by atoms with Crippen molar-refractivity contribution in [1.82, 2.24) is 14.7 Å². The van der Waals surface area contributed by atoms with E-state index in [4.69, 9.17) is 17.3 Å². The maximum absolute atomic E-state index is 13.4. The molecule has 21 heavy (non-hydrogen) atoms. The van der Waals surface area contributed by atoms with Gasteiger partial charge in [-0.1, -0.05) is 17.7 Å². The molecule has 1 fully saturated rings. The molecule has 1 aromatic heterocycles. The molecule has 4 nitrogen and oxygen atoms in total. The second-order valence-electron chi connectivity index (χ2n) is 5.48. The fraction of sp³-hybridized carbons (Fsp3) is 0.400. The molecule has 0 atom stereocenters. The highest BCUT2D eigenvalue weighted by Crippen LogP contribution is 2.24. The SMILES string of the molecule is Nc1ccn(C2CCN(Cc3ccc(Cl)c(F)c3)CC2)n1. The van der Waals surface area contributed by atoms with Crippen LogP contribution in [0.2, 0.25) is 5.02 Å². The van der Waals surface area contributed by atoms with Crippen LogP contribution in [0, 0.1) is 5.82 Å². The first-order chi connectivity index (χ1) is 10.1. The predicted molar refractivity (Wildman–Crippen MR) is 81.6 cm³/mol. The lowest BCUT2D eigenvalue weighted by Gasteiger charge is -2.32. The summed E-state index contributed by atoms with van der Waals surface area (Å²) in [6.07, 6.45) is 3.98. The maximum atomic E-state index is 13.4. The Kier molecular flexibility index (Phi) is 4.12. The minimum Gasteiger partial charge on any atom is -0.382 e. The lowest BCUT2D eigenvalue weighted by Crippen LogP contribution is -2.34. The van der Waals surface area contributed by atoms with Crippen LogP contribution in [0.4, 0.5) is 10.2 Å². The summed E-state index contributed by atoms with van der Waals surface area (Å²) in [5, 5.41) is 4.45. The van der Waals surface area contributed by atoms with Gasteiger partial charge in [-0.3, -0.25) is 9.58 Å². The van der Waals surface area contributed by atoms with Gasteiger partial charge < -0.3 is 5.73 Å². The molecule has 1 aliphatic heterocycles. The molecule has 6 heteroatoms. The van der Waals surface area contributed by atoms with Crippen molar-refractivity contribution in [2.24, 2.45) is 0 Å². The Morgan fingerprint density at radius 1 is 1.29 bits per heavy atom. The van der Waals surface area contributed by atoms with E-state index >= 15 is 0 Å². The van der Waals surface area contributed by atoms with Crippen LogP contribution >= 0.6 is 11.6 Å². The Morgan fingerprint density at radius 3 is 2.67 bits per heavy atom. The van der Waals surface area contributed by atoms with Crippen LogP contribution in [-0.4, -0.2) is 27.8 Å².